The van der Waals surface area contributed by atoms with Crippen molar-refractivity contribution < 1.29 is 33.4 Å². The molecule has 0 saturated carbocycles. The Hall–Kier alpha value is -5.45. The van der Waals surface area contributed by atoms with Gasteiger partial charge in [0.1, 0.15) is 29.7 Å². The van der Waals surface area contributed by atoms with Gasteiger partial charge in [0.25, 0.3) is 17.7 Å². The number of amides is 5. The first kappa shape index (κ1) is 41.3. The van der Waals surface area contributed by atoms with Crippen LogP contribution in [0.5, 0.6) is 11.5 Å². The van der Waals surface area contributed by atoms with Gasteiger partial charge in [-0.05, 0) is 119 Å². The predicted octanol–water partition coefficient (Wildman–Crippen LogP) is 6.22. The van der Waals surface area contributed by atoms with E-state index < -0.39 is 29.7 Å². The standard InChI is InChI=1S/C46H51ClN6O7/c1-28-3-7-34(23-29(2)59-37-11-6-32(26-48)40(47)25-37)52(28)44(56)31-4-9-35(10-5-31)60-36-17-19-50(20-18-36)27-30-15-21-51(22-16-30)33-8-12-38-39(24-33)46(58)53(45(38)57)41-13-14-42(54)49-43(41)55/h4-6,8-12,24-25,28-30,34,36,41H,3,7,13-23,27H2,1-2H3,(H,49,54,55). The molecule has 0 spiro atoms. The number of nitrogens with one attached hydrogen (secondary N) is 1. The highest BCUT2D eigenvalue weighted by Gasteiger charge is 2.45. The van der Waals surface area contributed by atoms with Crippen LogP contribution in [0.2, 0.25) is 5.02 Å². The van der Waals surface area contributed by atoms with Gasteiger partial charge in [-0.25, -0.2) is 0 Å². The van der Waals surface area contributed by atoms with Crippen LogP contribution >= 0.6 is 11.6 Å². The third-order valence-electron chi connectivity index (χ3n) is 12.9. The number of nitriles is 1. The largest absolute Gasteiger partial charge is 0.491 e. The average Bonchev–Trinajstić information content (AvgIpc) is 3.72. The Balaban J connectivity index is 0.771. The Labute approximate surface area is 355 Å². The number of halogens is 1. The molecule has 4 fully saturated rings. The molecule has 3 aromatic rings. The van der Waals surface area contributed by atoms with E-state index in [9.17, 15) is 24.0 Å². The van der Waals surface area contributed by atoms with Crippen LogP contribution in [0.4, 0.5) is 5.69 Å². The topological polar surface area (TPSA) is 153 Å². The molecule has 5 amide bonds. The SMILES string of the molecule is CC(CC1CCC(C)N1C(=O)c1ccc(OC2CCN(CC3CCN(c4ccc5c(c4)C(=O)N(C4CCC(=O)NC4=O)C5=O)CC3)CC2)cc1)Oc1ccc(C#N)c(Cl)c1. The molecule has 13 nitrogen and oxygen atoms in total. The monoisotopic (exact) mass is 834 g/mol. The van der Waals surface area contributed by atoms with Crippen LogP contribution in [-0.2, 0) is 9.59 Å². The van der Waals surface area contributed by atoms with E-state index in [0.717, 1.165) is 87.6 Å². The second-order valence-corrected chi connectivity index (χ2v) is 17.4. The minimum Gasteiger partial charge on any atom is -0.491 e. The zero-order chi connectivity index (χ0) is 42.1. The van der Waals surface area contributed by atoms with E-state index in [4.69, 9.17) is 26.3 Å². The molecule has 0 aliphatic carbocycles. The fraction of sp³-hybridized carbons (Fsp3) is 0.478. The molecular weight excluding hydrogens is 784 g/mol. The quantitative estimate of drug-likeness (QED) is 0.220. The Morgan fingerprint density at radius 3 is 2.28 bits per heavy atom. The van der Waals surface area contributed by atoms with Gasteiger partial charge in [-0.2, -0.15) is 5.26 Å². The predicted molar refractivity (Wildman–Crippen MR) is 224 cm³/mol. The number of piperidine rings is 3. The third kappa shape index (κ3) is 8.72. The van der Waals surface area contributed by atoms with Crippen molar-refractivity contribution in [3.05, 3.63) is 87.9 Å². The minimum atomic E-state index is -0.972. The van der Waals surface area contributed by atoms with Gasteiger partial charge in [0.05, 0.1) is 27.8 Å². The molecule has 5 aliphatic rings. The van der Waals surface area contributed by atoms with Gasteiger partial charge < -0.3 is 24.2 Å². The number of hydrogen-bond acceptors (Lipinski definition) is 10. The van der Waals surface area contributed by atoms with Gasteiger partial charge in [-0.15, -0.1) is 0 Å². The first-order valence-electron chi connectivity index (χ1n) is 21.2. The molecule has 4 atom stereocenters. The second kappa shape index (κ2) is 17.6. The fourth-order valence-electron chi connectivity index (χ4n) is 9.61. The van der Waals surface area contributed by atoms with Gasteiger partial charge in [-0.1, -0.05) is 11.6 Å². The highest BCUT2D eigenvalue weighted by molar-refractivity contribution is 6.31. The van der Waals surface area contributed by atoms with E-state index in [1.54, 1.807) is 30.3 Å². The zero-order valence-electron chi connectivity index (χ0n) is 34.1. The van der Waals surface area contributed by atoms with E-state index in [-0.39, 0.29) is 43.0 Å². The first-order chi connectivity index (χ1) is 28.9. The average molecular weight is 835 g/mol. The highest BCUT2D eigenvalue weighted by atomic mass is 35.5. The van der Waals surface area contributed by atoms with E-state index in [1.807, 2.05) is 42.2 Å². The molecule has 60 heavy (non-hydrogen) atoms. The normalized spacial score (nSPS) is 23.4. The number of nitrogens with zero attached hydrogens (tertiary/aromatic N) is 5. The van der Waals surface area contributed by atoms with Gasteiger partial charge in [-0.3, -0.25) is 34.2 Å². The van der Waals surface area contributed by atoms with Crippen molar-refractivity contribution in [3.8, 4) is 17.6 Å². The second-order valence-electron chi connectivity index (χ2n) is 17.0. The number of carbonyl (C=O) groups is 5. The molecule has 0 aromatic heterocycles. The molecule has 314 valence electrons. The molecule has 1 N–H and O–H groups in total. The Bertz CT molecular complexity index is 2190. The molecule has 3 aromatic carbocycles. The van der Waals surface area contributed by atoms with E-state index in [2.05, 4.69) is 28.1 Å². The summed E-state index contributed by atoms with van der Waals surface area (Å²) in [5, 5.41) is 11.8. The van der Waals surface area contributed by atoms with E-state index in [0.29, 0.717) is 45.4 Å². The van der Waals surface area contributed by atoms with Crippen molar-refractivity contribution >= 4 is 46.8 Å². The summed E-state index contributed by atoms with van der Waals surface area (Å²) < 4.78 is 12.5. The number of fused-ring (bicyclic) bond motifs is 1. The van der Waals surface area contributed by atoms with Crippen molar-refractivity contribution in [2.24, 2.45) is 5.92 Å². The molecule has 8 rings (SSSR count). The first-order valence-corrected chi connectivity index (χ1v) is 21.6. The molecular formula is C46H51ClN6O7. The van der Waals surface area contributed by atoms with Crippen molar-refractivity contribution in [1.29, 1.82) is 5.26 Å². The van der Waals surface area contributed by atoms with Crippen molar-refractivity contribution in [3.63, 3.8) is 0 Å². The Kier molecular flexibility index (Phi) is 12.1. The zero-order valence-corrected chi connectivity index (χ0v) is 34.9. The molecule has 0 radical (unpaired) electrons. The Morgan fingerprint density at radius 1 is 0.867 bits per heavy atom. The molecule has 5 aliphatic heterocycles. The number of imide groups is 2. The van der Waals surface area contributed by atoms with Gasteiger partial charge in [0, 0.05) is 75.0 Å². The van der Waals surface area contributed by atoms with E-state index >= 15 is 0 Å². The third-order valence-corrected chi connectivity index (χ3v) is 13.2. The number of anilines is 1. The molecule has 0 bridgehead atoms. The van der Waals surface area contributed by atoms with Crippen LogP contribution in [0.3, 0.4) is 0 Å². The maximum absolute atomic E-state index is 13.8. The summed E-state index contributed by atoms with van der Waals surface area (Å²) in [7, 11) is 0. The number of hydrogen-bond donors (Lipinski definition) is 1. The fourth-order valence-corrected chi connectivity index (χ4v) is 9.83. The summed E-state index contributed by atoms with van der Waals surface area (Å²) >= 11 is 6.20. The lowest BCUT2D eigenvalue weighted by Gasteiger charge is -2.38. The summed E-state index contributed by atoms with van der Waals surface area (Å²) in [5.74, 6) is -0.0224. The van der Waals surface area contributed by atoms with Crippen LogP contribution in [0, 0.1) is 17.2 Å². The van der Waals surface area contributed by atoms with Crippen molar-refractivity contribution in [1.82, 2.24) is 20.0 Å². The van der Waals surface area contributed by atoms with Crippen LogP contribution in [0.25, 0.3) is 0 Å². The lowest BCUT2D eigenvalue weighted by molar-refractivity contribution is -0.136. The minimum absolute atomic E-state index is 0.0153. The van der Waals surface area contributed by atoms with Gasteiger partial charge in [0.2, 0.25) is 11.8 Å². The van der Waals surface area contributed by atoms with Crippen LogP contribution in [0.1, 0.15) is 108 Å². The highest BCUT2D eigenvalue weighted by Crippen LogP contribution is 2.34. The summed E-state index contributed by atoms with van der Waals surface area (Å²) in [6.07, 6.45) is 6.62. The number of benzene rings is 3. The summed E-state index contributed by atoms with van der Waals surface area (Å²) in [4.78, 5) is 72.1. The smallest absolute Gasteiger partial charge is 0.262 e. The molecule has 5 heterocycles. The number of rotatable bonds is 11. The maximum atomic E-state index is 13.8. The van der Waals surface area contributed by atoms with Crippen LogP contribution < -0.4 is 19.7 Å². The van der Waals surface area contributed by atoms with E-state index in [1.165, 1.54) is 0 Å². The number of likely N-dealkylation sites (tertiary alicyclic amines) is 2. The van der Waals surface area contributed by atoms with Crippen molar-refractivity contribution in [2.45, 2.75) is 102 Å². The van der Waals surface area contributed by atoms with Crippen LogP contribution in [-0.4, -0.2) is 107 Å². The summed E-state index contributed by atoms with van der Waals surface area (Å²) in [6, 6.07) is 19.2. The van der Waals surface area contributed by atoms with Crippen LogP contribution in [0.15, 0.2) is 60.7 Å². The maximum Gasteiger partial charge on any atom is 0.262 e. The molecule has 14 heteroatoms. The Morgan fingerprint density at radius 2 is 1.58 bits per heavy atom. The lowest BCUT2D eigenvalue weighted by atomic mass is 9.94. The summed E-state index contributed by atoms with van der Waals surface area (Å²) in [5.41, 5.74) is 2.55. The van der Waals surface area contributed by atoms with Gasteiger partial charge in [0.15, 0.2) is 0 Å². The summed E-state index contributed by atoms with van der Waals surface area (Å²) in [6.45, 7) is 8.74. The molecule has 4 unspecified atom stereocenters. The molecule has 4 saturated heterocycles. The lowest BCUT2D eigenvalue weighted by Crippen LogP contribution is -2.54. The van der Waals surface area contributed by atoms with Gasteiger partial charge >= 0.3 is 0 Å². The number of ether oxygens (including phenoxy) is 2. The van der Waals surface area contributed by atoms with Crippen molar-refractivity contribution in [2.75, 3.05) is 37.6 Å². The number of carbonyl (C=O) groups excluding carboxylic acids is 5.